The van der Waals surface area contributed by atoms with E-state index >= 15 is 0 Å². The van der Waals surface area contributed by atoms with Gasteiger partial charge in [0.05, 0.1) is 6.54 Å². The number of phenols is 1. The standard InChI is InChI=1S/C25H27NO/c27-21-12-11-20-17-24-22-10-4-5-13-25(22,23(20)18-21)14-16-26(24)15-6-9-19-7-2-1-3-8-19/h1-3,7-8,11-12,18,22,24,27H,4-5,10,13-17H2/t22-,24+,25+/m0/s1. The second-order valence-corrected chi connectivity index (χ2v) is 8.51. The van der Waals surface area contributed by atoms with Crippen molar-refractivity contribution in [1.82, 2.24) is 4.90 Å². The maximum Gasteiger partial charge on any atom is 0.115 e. The van der Waals surface area contributed by atoms with Crippen molar-refractivity contribution in [2.75, 3.05) is 13.1 Å². The number of piperidine rings is 1. The van der Waals surface area contributed by atoms with Crippen LogP contribution in [0.4, 0.5) is 0 Å². The largest absolute Gasteiger partial charge is 0.508 e. The van der Waals surface area contributed by atoms with Gasteiger partial charge in [-0.3, -0.25) is 4.90 Å². The zero-order chi connectivity index (χ0) is 18.3. The van der Waals surface area contributed by atoms with Gasteiger partial charge >= 0.3 is 0 Å². The van der Waals surface area contributed by atoms with Gasteiger partial charge in [0.1, 0.15) is 5.75 Å². The van der Waals surface area contributed by atoms with Crippen LogP contribution in [0.15, 0.2) is 48.5 Å². The molecule has 138 valence electrons. The van der Waals surface area contributed by atoms with Crippen molar-refractivity contribution in [1.29, 1.82) is 0 Å². The van der Waals surface area contributed by atoms with Gasteiger partial charge in [0.2, 0.25) is 0 Å². The van der Waals surface area contributed by atoms with Crippen LogP contribution in [-0.2, 0) is 11.8 Å². The summed E-state index contributed by atoms with van der Waals surface area (Å²) < 4.78 is 0. The predicted octanol–water partition coefficient (Wildman–Crippen LogP) is 4.50. The summed E-state index contributed by atoms with van der Waals surface area (Å²) in [5.41, 5.74) is 4.31. The van der Waals surface area contributed by atoms with Gasteiger partial charge in [0.15, 0.2) is 0 Å². The van der Waals surface area contributed by atoms with Gasteiger partial charge in [0.25, 0.3) is 0 Å². The van der Waals surface area contributed by atoms with E-state index in [9.17, 15) is 5.11 Å². The van der Waals surface area contributed by atoms with Gasteiger partial charge < -0.3 is 5.11 Å². The number of hydrogen-bond donors (Lipinski definition) is 1. The predicted molar refractivity (Wildman–Crippen MR) is 109 cm³/mol. The molecule has 3 atom stereocenters. The van der Waals surface area contributed by atoms with Crippen molar-refractivity contribution >= 4 is 0 Å². The number of nitrogens with zero attached hydrogens (tertiary/aromatic N) is 1. The minimum atomic E-state index is 0.290. The van der Waals surface area contributed by atoms with E-state index in [0.717, 1.165) is 25.1 Å². The highest BCUT2D eigenvalue weighted by atomic mass is 16.3. The molecule has 2 heteroatoms. The summed E-state index contributed by atoms with van der Waals surface area (Å²) in [4.78, 5) is 2.64. The average Bonchev–Trinajstić information content (AvgIpc) is 2.71. The second kappa shape index (κ2) is 6.73. The molecule has 27 heavy (non-hydrogen) atoms. The summed E-state index contributed by atoms with van der Waals surface area (Å²) >= 11 is 0. The first kappa shape index (κ1) is 16.9. The fourth-order valence-electron chi connectivity index (χ4n) is 6.03. The highest BCUT2D eigenvalue weighted by molar-refractivity contribution is 5.45. The van der Waals surface area contributed by atoms with Crippen LogP contribution in [-0.4, -0.2) is 29.1 Å². The Morgan fingerprint density at radius 3 is 2.85 bits per heavy atom. The molecule has 0 unspecified atom stereocenters. The van der Waals surface area contributed by atoms with E-state index in [1.807, 2.05) is 12.1 Å². The summed E-state index contributed by atoms with van der Waals surface area (Å²) in [7, 11) is 0. The third kappa shape index (κ3) is 2.86. The van der Waals surface area contributed by atoms with Crippen LogP contribution in [0.1, 0.15) is 48.8 Å². The molecule has 0 amide bonds. The smallest absolute Gasteiger partial charge is 0.115 e. The van der Waals surface area contributed by atoms with Gasteiger partial charge in [-0.2, -0.15) is 0 Å². The summed E-state index contributed by atoms with van der Waals surface area (Å²) in [6.45, 7) is 1.99. The summed E-state index contributed by atoms with van der Waals surface area (Å²) in [6, 6.07) is 17.0. The van der Waals surface area contributed by atoms with Crippen LogP contribution in [0.2, 0.25) is 0 Å². The zero-order valence-electron chi connectivity index (χ0n) is 15.8. The molecule has 1 saturated carbocycles. The van der Waals surface area contributed by atoms with Crippen molar-refractivity contribution in [2.45, 2.75) is 50.0 Å². The lowest BCUT2D eigenvalue weighted by Crippen LogP contribution is -2.60. The van der Waals surface area contributed by atoms with Crippen LogP contribution in [0.25, 0.3) is 0 Å². The van der Waals surface area contributed by atoms with E-state index in [2.05, 4.69) is 53.1 Å². The molecule has 2 aromatic carbocycles. The van der Waals surface area contributed by atoms with Crippen molar-refractivity contribution in [3.63, 3.8) is 0 Å². The van der Waals surface area contributed by atoms with E-state index < -0.39 is 0 Å². The number of likely N-dealkylation sites (tertiary alicyclic amines) is 1. The minimum absolute atomic E-state index is 0.290. The first-order valence-corrected chi connectivity index (χ1v) is 10.4. The Kier molecular flexibility index (Phi) is 4.21. The van der Waals surface area contributed by atoms with Crippen LogP contribution in [0, 0.1) is 17.8 Å². The van der Waals surface area contributed by atoms with Gasteiger partial charge in [-0.15, -0.1) is 0 Å². The Labute approximate surface area is 162 Å². The molecular formula is C25H27NO. The fraction of sp³-hybridized carbons (Fsp3) is 0.440. The quantitative estimate of drug-likeness (QED) is 0.760. The van der Waals surface area contributed by atoms with Gasteiger partial charge in [0, 0.05) is 23.6 Å². The average molecular weight is 357 g/mol. The lowest BCUT2D eigenvalue weighted by molar-refractivity contribution is -0.00417. The van der Waals surface area contributed by atoms with Crippen LogP contribution >= 0.6 is 0 Å². The van der Waals surface area contributed by atoms with E-state index in [0.29, 0.717) is 23.1 Å². The molecule has 3 aliphatic rings. The van der Waals surface area contributed by atoms with Crippen molar-refractivity contribution in [3.05, 3.63) is 65.2 Å². The van der Waals surface area contributed by atoms with E-state index in [4.69, 9.17) is 0 Å². The molecule has 2 aliphatic carbocycles. The molecule has 2 aromatic rings. The Bertz CT molecular complexity index is 894. The Morgan fingerprint density at radius 1 is 1.07 bits per heavy atom. The summed E-state index contributed by atoms with van der Waals surface area (Å²) in [6.07, 6.45) is 7.59. The maximum atomic E-state index is 10.1. The molecule has 2 fully saturated rings. The number of phenolic OH excluding ortho intramolecular Hbond substituents is 1. The zero-order valence-corrected chi connectivity index (χ0v) is 15.8. The third-order valence-electron chi connectivity index (χ3n) is 7.22. The van der Waals surface area contributed by atoms with E-state index in [-0.39, 0.29) is 0 Å². The van der Waals surface area contributed by atoms with Crippen LogP contribution in [0.5, 0.6) is 5.75 Å². The van der Waals surface area contributed by atoms with Crippen molar-refractivity contribution in [2.24, 2.45) is 5.92 Å². The highest BCUT2D eigenvalue weighted by Crippen LogP contribution is 2.56. The first-order valence-electron chi connectivity index (χ1n) is 10.4. The Balaban J connectivity index is 1.45. The molecule has 1 N–H and O–H groups in total. The van der Waals surface area contributed by atoms with E-state index in [1.165, 1.54) is 43.2 Å². The number of fused-ring (bicyclic) bond motifs is 1. The summed E-state index contributed by atoms with van der Waals surface area (Å²) in [5, 5.41) is 10.1. The molecule has 0 radical (unpaired) electrons. The molecule has 2 bridgehead atoms. The second-order valence-electron chi connectivity index (χ2n) is 8.51. The van der Waals surface area contributed by atoms with E-state index in [1.54, 1.807) is 0 Å². The molecule has 5 rings (SSSR count). The van der Waals surface area contributed by atoms with Crippen LogP contribution < -0.4 is 0 Å². The first-order chi connectivity index (χ1) is 13.3. The Hall–Kier alpha value is -2.24. The molecule has 0 aromatic heterocycles. The minimum Gasteiger partial charge on any atom is -0.508 e. The van der Waals surface area contributed by atoms with Crippen LogP contribution in [0.3, 0.4) is 0 Å². The molecular weight excluding hydrogens is 330 g/mol. The maximum absolute atomic E-state index is 10.1. The number of benzene rings is 2. The highest BCUT2D eigenvalue weighted by Gasteiger charge is 2.53. The number of hydrogen-bond acceptors (Lipinski definition) is 2. The lowest BCUT2D eigenvalue weighted by Gasteiger charge is -2.58. The molecule has 1 aliphatic heterocycles. The molecule has 2 nitrogen and oxygen atoms in total. The molecule has 1 saturated heterocycles. The number of aromatic hydroxyl groups is 1. The fourth-order valence-corrected chi connectivity index (χ4v) is 6.03. The van der Waals surface area contributed by atoms with Gasteiger partial charge in [-0.25, -0.2) is 0 Å². The monoisotopic (exact) mass is 357 g/mol. The Morgan fingerprint density at radius 2 is 1.96 bits per heavy atom. The van der Waals surface area contributed by atoms with Gasteiger partial charge in [-0.05, 0) is 67.0 Å². The number of rotatable bonds is 1. The molecule has 0 spiro atoms. The third-order valence-corrected chi connectivity index (χ3v) is 7.22. The van der Waals surface area contributed by atoms with Crippen molar-refractivity contribution in [3.8, 4) is 17.6 Å². The summed E-state index contributed by atoms with van der Waals surface area (Å²) in [5.74, 6) is 7.92. The molecule has 1 heterocycles. The topological polar surface area (TPSA) is 23.5 Å². The SMILES string of the molecule is Oc1ccc2c(c1)[C@@]13CCCC[C@H]1[C@@H](C2)N(CC#Cc1ccccc1)CC3. The normalized spacial score (nSPS) is 29.2. The van der Waals surface area contributed by atoms with Crippen molar-refractivity contribution < 1.29 is 5.11 Å². The lowest BCUT2D eigenvalue weighted by atomic mass is 9.52. The van der Waals surface area contributed by atoms with Gasteiger partial charge in [-0.1, -0.05) is 48.9 Å².